The Morgan fingerprint density at radius 1 is 0.900 bits per heavy atom. The maximum absolute atomic E-state index is 9.28. The van der Waals surface area contributed by atoms with Crippen LogP contribution in [0.5, 0.6) is 0 Å². The molecule has 0 saturated heterocycles. The highest BCUT2D eigenvalue weighted by atomic mass is 16.3. The summed E-state index contributed by atoms with van der Waals surface area (Å²) in [5.41, 5.74) is 6.66. The van der Waals surface area contributed by atoms with Crippen molar-refractivity contribution in [2.45, 2.75) is 32.3 Å². The van der Waals surface area contributed by atoms with E-state index >= 15 is 0 Å². The third-order valence-corrected chi connectivity index (χ3v) is 4.56. The summed E-state index contributed by atoms with van der Waals surface area (Å²) in [6.07, 6.45) is 9.30. The predicted octanol–water partition coefficient (Wildman–Crippen LogP) is 2.30. The van der Waals surface area contributed by atoms with Crippen molar-refractivity contribution in [3.63, 3.8) is 0 Å². The van der Waals surface area contributed by atoms with Crippen molar-refractivity contribution in [2.75, 3.05) is 0 Å². The van der Waals surface area contributed by atoms with Gasteiger partial charge in [-0.15, -0.1) is 0 Å². The summed E-state index contributed by atoms with van der Waals surface area (Å²) < 4.78 is 0. The zero-order valence-corrected chi connectivity index (χ0v) is 11.5. The van der Waals surface area contributed by atoms with E-state index in [9.17, 15) is 5.11 Å². The summed E-state index contributed by atoms with van der Waals surface area (Å²) in [5, 5.41) is 12.2. The Balaban J connectivity index is 1.98. The highest BCUT2D eigenvalue weighted by Gasteiger charge is 2.17. The summed E-state index contributed by atoms with van der Waals surface area (Å²) in [7, 11) is 0. The SMILES string of the molecule is OCc1ccc2c(c1)CCc1c-2ccc2c1=CCCC=2. The molecule has 0 amide bonds. The van der Waals surface area contributed by atoms with Gasteiger partial charge in [0.15, 0.2) is 0 Å². The van der Waals surface area contributed by atoms with Crippen LogP contribution in [-0.2, 0) is 19.4 Å². The summed E-state index contributed by atoms with van der Waals surface area (Å²) in [5.74, 6) is 0. The standard InChI is InChI=1S/C19H18O/c20-12-13-5-8-17-15(11-13)7-10-18-16-4-2-1-3-14(16)6-9-19(17)18/h3-6,8-9,11,20H,1-2,7,10,12H2. The Kier molecular flexibility index (Phi) is 2.75. The summed E-state index contributed by atoms with van der Waals surface area (Å²) >= 11 is 0. The van der Waals surface area contributed by atoms with Crippen molar-refractivity contribution in [2.24, 2.45) is 0 Å². The van der Waals surface area contributed by atoms with Crippen molar-refractivity contribution in [3.8, 4) is 11.1 Å². The van der Waals surface area contributed by atoms with Gasteiger partial charge in [0.05, 0.1) is 6.61 Å². The van der Waals surface area contributed by atoms with E-state index in [1.807, 2.05) is 6.07 Å². The maximum atomic E-state index is 9.28. The van der Waals surface area contributed by atoms with Crippen LogP contribution in [0.15, 0.2) is 30.3 Å². The molecule has 20 heavy (non-hydrogen) atoms. The van der Waals surface area contributed by atoms with E-state index in [1.165, 1.54) is 45.5 Å². The lowest BCUT2D eigenvalue weighted by atomic mass is 9.83. The minimum absolute atomic E-state index is 0.132. The average Bonchev–Trinajstić information content (AvgIpc) is 2.53. The van der Waals surface area contributed by atoms with Crippen molar-refractivity contribution in [1.82, 2.24) is 0 Å². The van der Waals surface area contributed by atoms with Gasteiger partial charge in [-0.05, 0) is 63.9 Å². The first kappa shape index (κ1) is 11.9. The molecule has 0 unspecified atom stereocenters. The lowest BCUT2D eigenvalue weighted by molar-refractivity contribution is 0.281. The quantitative estimate of drug-likeness (QED) is 0.836. The van der Waals surface area contributed by atoms with Crippen LogP contribution in [0.25, 0.3) is 23.3 Å². The van der Waals surface area contributed by atoms with Crippen LogP contribution >= 0.6 is 0 Å². The van der Waals surface area contributed by atoms with Crippen LogP contribution in [0.2, 0.25) is 0 Å². The molecule has 0 fully saturated rings. The van der Waals surface area contributed by atoms with Gasteiger partial charge in [0.25, 0.3) is 0 Å². The molecule has 2 aromatic rings. The van der Waals surface area contributed by atoms with Crippen molar-refractivity contribution in [1.29, 1.82) is 0 Å². The minimum atomic E-state index is 0.132. The average molecular weight is 262 g/mol. The molecular formula is C19H18O. The lowest BCUT2D eigenvalue weighted by Gasteiger charge is -2.22. The van der Waals surface area contributed by atoms with Crippen LogP contribution in [0.1, 0.15) is 29.5 Å². The fourth-order valence-corrected chi connectivity index (χ4v) is 3.56. The van der Waals surface area contributed by atoms with Gasteiger partial charge in [-0.2, -0.15) is 0 Å². The summed E-state index contributed by atoms with van der Waals surface area (Å²) in [4.78, 5) is 0. The Labute approximate surface area is 118 Å². The first-order valence-corrected chi connectivity index (χ1v) is 7.42. The first-order chi connectivity index (χ1) is 9.86. The number of aliphatic hydroxyl groups is 1. The van der Waals surface area contributed by atoms with Gasteiger partial charge in [-0.3, -0.25) is 0 Å². The number of aliphatic hydroxyl groups excluding tert-OH is 1. The molecule has 0 aliphatic heterocycles. The molecule has 1 N–H and O–H groups in total. The largest absolute Gasteiger partial charge is 0.392 e. The highest BCUT2D eigenvalue weighted by molar-refractivity contribution is 5.74. The topological polar surface area (TPSA) is 20.2 Å². The summed E-state index contributed by atoms with van der Waals surface area (Å²) in [6, 6.07) is 10.9. The van der Waals surface area contributed by atoms with Gasteiger partial charge < -0.3 is 5.11 Å². The van der Waals surface area contributed by atoms with E-state index in [0.29, 0.717) is 0 Å². The minimum Gasteiger partial charge on any atom is -0.392 e. The molecular weight excluding hydrogens is 244 g/mol. The molecule has 0 heterocycles. The Bertz CT molecular complexity index is 799. The van der Waals surface area contributed by atoms with Crippen LogP contribution in [0, 0.1) is 0 Å². The van der Waals surface area contributed by atoms with Gasteiger partial charge in [0.2, 0.25) is 0 Å². The Morgan fingerprint density at radius 3 is 2.65 bits per heavy atom. The van der Waals surface area contributed by atoms with Crippen LogP contribution < -0.4 is 10.4 Å². The van der Waals surface area contributed by atoms with Crippen molar-refractivity contribution < 1.29 is 5.11 Å². The molecule has 2 aromatic carbocycles. The predicted molar refractivity (Wildman–Crippen MR) is 82.6 cm³/mol. The molecule has 0 bridgehead atoms. The monoisotopic (exact) mass is 262 g/mol. The van der Waals surface area contributed by atoms with Crippen molar-refractivity contribution >= 4 is 12.2 Å². The Morgan fingerprint density at radius 2 is 1.75 bits per heavy atom. The number of rotatable bonds is 1. The molecule has 100 valence electrons. The molecule has 0 spiro atoms. The van der Waals surface area contributed by atoms with Crippen LogP contribution in [-0.4, -0.2) is 5.11 Å². The molecule has 4 rings (SSSR count). The number of benzene rings is 2. The van der Waals surface area contributed by atoms with E-state index in [-0.39, 0.29) is 6.61 Å². The lowest BCUT2D eigenvalue weighted by Crippen LogP contribution is -2.32. The van der Waals surface area contributed by atoms with Crippen molar-refractivity contribution in [3.05, 3.63) is 57.5 Å². The number of fused-ring (bicyclic) bond motifs is 5. The summed E-state index contributed by atoms with van der Waals surface area (Å²) in [6.45, 7) is 0.132. The van der Waals surface area contributed by atoms with E-state index in [2.05, 4.69) is 36.4 Å². The second-order valence-corrected chi connectivity index (χ2v) is 5.73. The maximum Gasteiger partial charge on any atom is 0.0681 e. The third-order valence-electron chi connectivity index (χ3n) is 4.56. The zero-order chi connectivity index (χ0) is 13.5. The van der Waals surface area contributed by atoms with Gasteiger partial charge in [-0.1, -0.05) is 42.5 Å². The van der Waals surface area contributed by atoms with Gasteiger partial charge in [0.1, 0.15) is 0 Å². The fraction of sp³-hybridized carbons (Fsp3) is 0.263. The van der Waals surface area contributed by atoms with E-state index in [1.54, 1.807) is 0 Å². The molecule has 1 nitrogen and oxygen atoms in total. The Hall–Kier alpha value is -1.86. The fourth-order valence-electron chi connectivity index (χ4n) is 3.56. The highest BCUT2D eigenvalue weighted by Crippen LogP contribution is 2.32. The molecule has 0 saturated carbocycles. The number of hydrogen-bond donors (Lipinski definition) is 1. The van der Waals surface area contributed by atoms with E-state index < -0.39 is 0 Å². The zero-order valence-electron chi connectivity index (χ0n) is 11.5. The molecule has 2 aliphatic carbocycles. The van der Waals surface area contributed by atoms with Gasteiger partial charge in [0, 0.05) is 0 Å². The van der Waals surface area contributed by atoms with Crippen LogP contribution in [0.3, 0.4) is 0 Å². The number of hydrogen-bond acceptors (Lipinski definition) is 1. The van der Waals surface area contributed by atoms with Gasteiger partial charge in [-0.25, -0.2) is 0 Å². The molecule has 0 atom stereocenters. The molecule has 1 heteroatoms. The van der Waals surface area contributed by atoms with Crippen LogP contribution in [0.4, 0.5) is 0 Å². The normalized spacial score (nSPS) is 15.4. The third kappa shape index (κ3) is 1.74. The molecule has 0 aromatic heterocycles. The number of aryl methyl sites for hydroxylation is 1. The molecule has 2 aliphatic rings. The first-order valence-electron chi connectivity index (χ1n) is 7.42. The second-order valence-electron chi connectivity index (χ2n) is 5.73. The smallest absolute Gasteiger partial charge is 0.0681 e. The second kappa shape index (κ2) is 4.60. The molecule has 0 radical (unpaired) electrons. The van der Waals surface area contributed by atoms with E-state index in [0.717, 1.165) is 18.4 Å². The van der Waals surface area contributed by atoms with E-state index in [4.69, 9.17) is 0 Å². The van der Waals surface area contributed by atoms with Gasteiger partial charge >= 0.3 is 0 Å².